The van der Waals surface area contributed by atoms with Crippen molar-refractivity contribution in [3.8, 4) is 6.07 Å². The van der Waals surface area contributed by atoms with Gasteiger partial charge in [0.25, 0.3) is 0 Å². The molecule has 1 aromatic rings. The average molecular weight is 194 g/mol. The van der Waals surface area contributed by atoms with E-state index in [1.165, 1.54) is 11.1 Å². The summed E-state index contributed by atoms with van der Waals surface area (Å²) in [5, 5.41) is 16.1. The fourth-order valence-electron chi connectivity index (χ4n) is 1.06. The van der Waals surface area contributed by atoms with Crippen LogP contribution < -0.4 is 5.32 Å². The molecule has 3 heteroatoms. The molecule has 0 aliphatic carbocycles. The van der Waals surface area contributed by atoms with Crippen molar-refractivity contribution in [2.45, 2.75) is 32.9 Å². The summed E-state index contributed by atoms with van der Waals surface area (Å²) in [5.74, 6) is 0. The van der Waals surface area contributed by atoms with E-state index >= 15 is 0 Å². The highest BCUT2D eigenvalue weighted by Gasteiger charge is 2.02. The molecule has 0 fully saturated rings. The van der Waals surface area contributed by atoms with E-state index in [1.807, 2.05) is 6.92 Å². The van der Waals surface area contributed by atoms with Gasteiger partial charge in [-0.1, -0.05) is 0 Å². The molecule has 13 heavy (non-hydrogen) atoms. The predicted molar refractivity (Wildman–Crippen MR) is 55.6 cm³/mol. The van der Waals surface area contributed by atoms with Gasteiger partial charge in [0, 0.05) is 12.6 Å². The Labute approximate surface area is 83.2 Å². The molecule has 0 bridgehead atoms. The van der Waals surface area contributed by atoms with Gasteiger partial charge in [0.1, 0.15) is 0 Å². The standard InChI is InChI=1S/C10H14N2S/c1-8-6-13-7-10(8)5-12-9(2)3-4-11/h6-7,9,12H,3,5H2,1-2H3. The highest BCUT2D eigenvalue weighted by Crippen LogP contribution is 2.13. The first kappa shape index (κ1) is 10.2. The second-order valence-electron chi connectivity index (χ2n) is 3.22. The summed E-state index contributed by atoms with van der Waals surface area (Å²) in [4.78, 5) is 0. The molecule has 70 valence electrons. The number of aryl methyl sites for hydroxylation is 1. The minimum Gasteiger partial charge on any atom is -0.309 e. The summed E-state index contributed by atoms with van der Waals surface area (Å²) in [6.07, 6.45) is 0.573. The molecule has 0 spiro atoms. The van der Waals surface area contributed by atoms with Gasteiger partial charge in [0.2, 0.25) is 0 Å². The third-order valence-corrected chi connectivity index (χ3v) is 2.91. The summed E-state index contributed by atoms with van der Waals surface area (Å²) in [6, 6.07) is 2.43. The van der Waals surface area contributed by atoms with Crippen LogP contribution in [0.25, 0.3) is 0 Å². The Morgan fingerprint density at radius 3 is 2.92 bits per heavy atom. The van der Waals surface area contributed by atoms with E-state index in [9.17, 15) is 0 Å². The summed E-state index contributed by atoms with van der Waals surface area (Å²) in [7, 11) is 0. The number of thiophene rings is 1. The summed E-state index contributed by atoms with van der Waals surface area (Å²) in [6.45, 7) is 5.02. The molecular formula is C10H14N2S. The van der Waals surface area contributed by atoms with Crippen LogP contribution in [-0.4, -0.2) is 6.04 Å². The number of nitrogens with zero attached hydrogens (tertiary/aromatic N) is 1. The Bertz CT molecular complexity index is 298. The summed E-state index contributed by atoms with van der Waals surface area (Å²) in [5.41, 5.74) is 2.68. The van der Waals surface area contributed by atoms with E-state index in [4.69, 9.17) is 5.26 Å². The smallest absolute Gasteiger partial charge is 0.0638 e. The molecule has 0 saturated carbocycles. The molecular weight excluding hydrogens is 180 g/mol. The first-order valence-corrected chi connectivity index (χ1v) is 5.30. The molecule has 0 radical (unpaired) electrons. The average Bonchev–Trinajstić information content (AvgIpc) is 2.48. The first-order valence-electron chi connectivity index (χ1n) is 4.36. The lowest BCUT2D eigenvalue weighted by Gasteiger charge is -2.09. The van der Waals surface area contributed by atoms with Gasteiger partial charge < -0.3 is 5.32 Å². The zero-order valence-electron chi connectivity index (χ0n) is 8.00. The lowest BCUT2D eigenvalue weighted by atomic mass is 10.2. The molecule has 1 aromatic heterocycles. The van der Waals surface area contributed by atoms with Gasteiger partial charge in [-0.25, -0.2) is 0 Å². The van der Waals surface area contributed by atoms with Crippen LogP contribution in [0.15, 0.2) is 10.8 Å². The van der Waals surface area contributed by atoms with Gasteiger partial charge in [-0.2, -0.15) is 16.6 Å². The third kappa shape index (κ3) is 3.17. The second kappa shape index (κ2) is 5.00. The van der Waals surface area contributed by atoms with Crippen molar-refractivity contribution >= 4 is 11.3 Å². The van der Waals surface area contributed by atoms with E-state index < -0.39 is 0 Å². The molecule has 1 heterocycles. The Morgan fingerprint density at radius 2 is 2.38 bits per heavy atom. The molecule has 1 atom stereocenters. The zero-order valence-corrected chi connectivity index (χ0v) is 8.82. The van der Waals surface area contributed by atoms with Gasteiger partial charge in [-0.05, 0) is 35.7 Å². The van der Waals surface area contributed by atoms with Crippen molar-refractivity contribution < 1.29 is 0 Å². The third-order valence-electron chi connectivity index (χ3n) is 2.00. The van der Waals surface area contributed by atoms with E-state index in [-0.39, 0.29) is 6.04 Å². The van der Waals surface area contributed by atoms with Gasteiger partial charge in [-0.15, -0.1) is 0 Å². The van der Waals surface area contributed by atoms with E-state index in [0.29, 0.717) is 6.42 Å². The Hall–Kier alpha value is -0.850. The molecule has 1 unspecified atom stereocenters. The maximum absolute atomic E-state index is 8.46. The molecule has 0 amide bonds. The molecule has 2 nitrogen and oxygen atoms in total. The van der Waals surface area contributed by atoms with Crippen LogP contribution >= 0.6 is 11.3 Å². The van der Waals surface area contributed by atoms with Crippen molar-refractivity contribution in [2.75, 3.05) is 0 Å². The first-order chi connectivity index (χ1) is 6.24. The Morgan fingerprint density at radius 1 is 1.62 bits per heavy atom. The van der Waals surface area contributed by atoms with Crippen molar-refractivity contribution in [1.29, 1.82) is 5.26 Å². The minimum absolute atomic E-state index is 0.282. The monoisotopic (exact) mass is 194 g/mol. The van der Waals surface area contributed by atoms with Crippen molar-refractivity contribution in [3.05, 3.63) is 21.9 Å². The van der Waals surface area contributed by atoms with Crippen molar-refractivity contribution in [1.82, 2.24) is 5.32 Å². The number of hydrogen-bond donors (Lipinski definition) is 1. The van der Waals surface area contributed by atoms with Gasteiger partial charge >= 0.3 is 0 Å². The topological polar surface area (TPSA) is 35.8 Å². The second-order valence-corrected chi connectivity index (χ2v) is 3.97. The molecule has 0 aliphatic rings. The van der Waals surface area contributed by atoms with Crippen LogP contribution in [0.4, 0.5) is 0 Å². The minimum atomic E-state index is 0.282. The fourth-order valence-corrected chi connectivity index (χ4v) is 1.92. The van der Waals surface area contributed by atoms with Crippen LogP contribution in [0.1, 0.15) is 24.5 Å². The summed E-state index contributed by atoms with van der Waals surface area (Å²) < 4.78 is 0. The molecule has 0 aliphatic heterocycles. The lowest BCUT2D eigenvalue weighted by Crippen LogP contribution is -2.24. The summed E-state index contributed by atoms with van der Waals surface area (Å²) >= 11 is 1.73. The quantitative estimate of drug-likeness (QED) is 0.799. The highest BCUT2D eigenvalue weighted by atomic mass is 32.1. The predicted octanol–water partition coefficient (Wildman–Crippen LogP) is 2.45. The molecule has 1 rings (SSSR count). The van der Waals surface area contributed by atoms with E-state index in [1.54, 1.807) is 11.3 Å². The normalized spacial score (nSPS) is 12.4. The fraction of sp³-hybridized carbons (Fsp3) is 0.500. The highest BCUT2D eigenvalue weighted by molar-refractivity contribution is 7.08. The van der Waals surface area contributed by atoms with Crippen LogP contribution in [0.2, 0.25) is 0 Å². The number of nitriles is 1. The molecule has 0 aromatic carbocycles. The largest absolute Gasteiger partial charge is 0.309 e. The SMILES string of the molecule is Cc1cscc1CNC(C)CC#N. The van der Waals surface area contributed by atoms with E-state index in [2.05, 4.69) is 29.1 Å². The van der Waals surface area contributed by atoms with Crippen LogP contribution in [0, 0.1) is 18.3 Å². The molecule has 1 N–H and O–H groups in total. The number of nitrogens with one attached hydrogen (secondary N) is 1. The number of hydrogen-bond acceptors (Lipinski definition) is 3. The van der Waals surface area contributed by atoms with Gasteiger partial charge in [0.05, 0.1) is 12.5 Å². The van der Waals surface area contributed by atoms with Crippen molar-refractivity contribution in [3.63, 3.8) is 0 Å². The lowest BCUT2D eigenvalue weighted by molar-refractivity contribution is 0.557. The van der Waals surface area contributed by atoms with Crippen LogP contribution in [0.5, 0.6) is 0 Å². The van der Waals surface area contributed by atoms with E-state index in [0.717, 1.165) is 6.54 Å². The number of rotatable bonds is 4. The van der Waals surface area contributed by atoms with Gasteiger partial charge in [0.15, 0.2) is 0 Å². The maximum atomic E-state index is 8.46. The zero-order chi connectivity index (χ0) is 9.68. The Kier molecular flexibility index (Phi) is 3.94. The maximum Gasteiger partial charge on any atom is 0.0638 e. The van der Waals surface area contributed by atoms with Crippen LogP contribution in [0.3, 0.4) is 0 Å². The van der Waals surface area contributed by atoms with Crippen LogP contribution in [-0.2, 0) is 6.54 Å². The molecule has 0 saturated heterocycles. The van der Waals surface area contributed by atoms with Gasteiger partial charge in [-0.3, -0.25) is 0 Å². The Balaban J connectivity index is 2.36. The van der Waals surface area contributed by atoms with Crippen molar-refractivity contribution in [2.24, 2.45) is 0 Å².